The van der Waals surface area contributed by atoms with Crippen LogP contribution in [0.1, 0.15) is 13.3 Å². The van der Waals surface area contributed by atoms with Crippen molar-refractivity contribution < 1.29 is 4.74 Å². The van der Waals surface area contributed by atoms with Gasteiger partial charge in [-0.25, -0.2) is 4.98 Å². The number of nitrogens with one attached hydrogen (secondary N) is 2. The molecule has 1 fully saturated rings. The van der Waals surface area contributed by atoms with E-state index in [1.807, 2.05) is 0 Å². The predicted molar refractivity (Wildman–Crippen MR) is 73.5 cm³/mol. The summed E-state index contributed by atoms with van der Waals surface area (Å²) in [6.45, 7) is 6.10. The molecule has 0 spiro atoms. The number of morpholine rings is 1. The number of fused-ring (bicyclic) bond motifs is 1. The average molecular weight is 262 g/mol. The first-order chi connectivity index (χ1) is 9.38. The Morgan fingerprint density at radius 3 is 3.00 bits per heavy atom. The molecule has 102 valence electrons. The second-order valence-electron chi connectivity index (χ2n) is 4.50. The van der Waals surface area contributed by atoms with Crippen molar-refractivity contribution in [3.05, 3.63) is 6.33 Å². The molecule has 1 aliphatic rings. The van der Waals surface area contributed by atoms with E-state index in [0.29, 0.717) is 5.65 Å². The molecule has 7 nitrogen and oxygen atoms in total. The van der Waals surface area contributed by atoms with Gasteiger partial charge in [0.25, 0.3) is 0 Å². The lowest BCUT2D eigenvalue weighted by atomic mass is 10.4. The van der Waals surface area contributed by atoms with E-state index in [1.165, 1.54) is 0 Å². The maximum Gasteiger partial charge on any atom is 0.229 e. The van der Waals surface area contributed by atoms with Gasteiger partial charge in [0.15, 0.2) is 11.5 Å². The highest BCUT2D eigenvalue weighted by atomic mass is 16.5. The van der Waals surface area contributed by atoms with Gasteiger partial charge in [0, 0.05) is 19.6 Å². The van der Waals surface area contributed by atoms with Gasteiger partial charge >= 0.3 is 0 Å². The van der Waals surface area contributed by atoms with Crippen molar-refractivity contribution in [3.63, 3.8) is 0 Å². The van der Waals surface area contributed by atoms with Crippen LogP contribution in [0.15, 0.2) is 6.33 Å². The van der Waals surface area contributed by atoms with Gasteiger partial charge in [-0.05, 0) is 6.42 Å². The van der Waals surface area contributed by atoms with Crippen molar-refractivity contribution in [2.75, 3.05) is 43.1 Å². The van der Waals surface area contributed by atoms with Crippen molar-refractivity contribution in [1.82, 2.24) is 19.9 Å². The Morgan fingerprint density at radius 1 is 1.37 bits per heavy atom. The fourth-order valence-electron chi connectivity index (χ4n) is 2.10. The minimum absolute atomic E-state index is 0.704. The lowest BCUT2D eigenvalue weighted by molar-refractivity contribution is 0.122. The van der Waals surface area contributed by atoms with Gasteiger partial charge < -0.3 is 19.9 Å². The molecule has 0 radical (unpaired) electrons. The summed E-state index contributed by atoms with van der Waals surface area (Å²) in [5.74, 6) is 1.55. The summed E-state index contributed by atoms with van der Waals surface area (Å²) in [5, 5.41) is 3.32. The van der Waals surface area contributed by atoms with E-state index in [9.17, 15) is 0 Å². The van der Waals surface area contributed by atoms with Gasteiger partial charge in [0.2, 0.25) is 5.95 Å². The number of hydrogen-bond acceptors (Lipinski definition) is 6. The van der Waals surface area contributed by atoms with Gasteiger partial charge in [0.1, 0.15) is 5.52 Å². The Hall–Kier alpha value is -1.89. The first kappa shape index (κ1) is 12.2. The molecule has 1 saturated heterocycles. The van der Waals surface area contributed by atoms with Crippen molar-refractivity contribution in [1.29, 1.82) is 0 Å². The summed E-state index contributed by atoms with van der Waals surface area (Å²) in [6, 6.07) is 0. The van der Waals surface area contributed by atoms with E-state index in [2.05, 4.69) is 37.1 Å². The Kier molecular flexibility index (Phi) is 3.45. The smallest absolute Gasteiger partial charge is 0.229 e. The second kappa shape index (κ2) is 5.40. The van der Waals surface area contributed by atoms with Gasteiger partial charge in [-0.3, -0.25) is 0 Å². The largest absolute Gasteiger partial charge is 0.378 e. The third-order valence-electron chi connectivity index (χ3n) is 3.11. The molecule has 0 amide bonds. The number of aromatic amines is 1. The molecule has 19 heavy (non-hydrogen) atoms. The van der Waals surface area contributed by atoms with Crippen molar-refractivity contribution in [3.8, 4) is 0 Å². The van der Waals surface area contributed by atoms with Crippen LogP contribution >= 0.6 is 0 Å². The highest BCUT2D eigenvalue weighted by Gasteiger charge is 2.17. The van der Waals surface area contributed by atoms with Crippen molar-refractivity contribution in [2.24, 2.45) is 0 Å². The minimum Gasteiger partial charge on any atom is -0.378 e. The van der Waals surface area contributed by atoms with E-state index in [1.54, 1.807) is 6.33 Å². The third-order valence-corrected chi connectivity index (χ3v) is 3.11. The summed E-state index contributed by atoms with van der Waals surface area (Å²) < 4.78 is 5.35. The molecule has 2 aromatic rings. The zero-order valence-electron chi connectivity index (χ0n) is 11.0. The molecule has 0 bridgehead atoms. The maximum atomic E-state index is 5.35. The molecule has 0 atom stereocenters. The van der Waals surface area contributed by atoms with Gasteiger partial charge in [0.05, 0.1) is 19.5 Å². The van der Waals surface area contributed by atoms with E-state index in [0.717, 1.165) is 56.6 Å². The van der Waals surface area contributed by atoms with Gasteiger partial charge in [-0.15, -0.1) is 0 Å². The zero-order chi connectivity index (χ0) is 13.1. The molecular formula is C12H18N6O. The normalized spacial score (nSPS) is 15.9. The van der Waals surface area contributed by atoms with Crippen LogP contribution in [0.4, 0.5) is 11.8 Å². The third kappa shape index (κ3) is 2.46. The average Bonchev–Trinajstić information content (AvgIpc) is 2.94. The highest BCUT2D eigenvalue weighted by Crippen LogP contribution is 2.21. The van der Waals surface area contributed by atoms with Crippen LogP contribution in [-0.4, -0.2) is 52.8 Å². The van der Waals surface area contributed by atoms with Crippen LogP contribution in [0.25, 0.3) is 11.2 Å². The number of anilines is 2. The van der Waals surface area contributed by atoms with Crippen LogP contribution in [0.5, 0.6) is 0 Å². The van der Waals surface area contributed by atoms with E-state index in [4.69, 9.17) is 4.74 Å². The maximum absolute atomic E-state index is 5.35. The summed E-state index contributed by atoms with van der Waals surface area (Å²) in [5.41, 5.74) is 1.57. The number of imidazole rings is 1. The lowest BCUT2D eigenvalue weighted by Gasteiger charge is -2.26. The number of H-pyrrole nitrogens is 1. The number of nitrogens with zero attached hydrogens (tertiary/aromatic N) is 4. The second-order valence-corrected chi connectivity index (χ2v) is 4.50. The Balaban J connectivity index is 1.95. The predicted octanol–water partition coefficient (Wildman–Crippen LogP) is 1.01. The molecule has 3 rings (SSSR count). The molecule has 0 aromatic carbocycles. The first-order valence-corrected chi connectivity index (χ1v) is 6.66. The van der Waals surface area contributed by atoms with Crippen LogP contribution in [0.2, 0.25) is 0 Å². The summed E-state index contributed by atoms with van der Waals surface area (Å²) in [4.78, 5) is 18.6. The van der Waals surface area contributed by atoms with Crippen LogP contribution in [0, 0.1) is 0 Å². The Morgan fingerprint density at radius 2 is 2.21 bits per heavy atom. The first-order valence-electron chi connectivity index (χ1n) is 6.66. The van der Waals surface area contributed by atoms with E-state index in [-0.39, 0.29) is 0 Å². The van der Waals surface area contributed by atoms with Crippen LogP contribution in [0.3, 0.4) is 0 Å². The van der Waals surface area contributed by atoms with Crippen molar-refractivity contribution in [2.45, 2.75) is 13.3 Å². The molecule has 1 aliphatic heterocycles. The fourth-order valence-corrected chi connectivity index (χ4v) is 2.10. The molecule has 0 saturated carbocycles. The van der Waals surface area contributed by atoms with Crippen molar-refractivity contribution >= 4 is 22.9 Å². The Labute approximate surface area is 111 Å². The van der Waals surface area contributed by atoms with Crippen LogP contribution < -0.4 is 10.2 Å². The molecule has 0 aliphatic carbocycles. The minimum atomic E-state index is 0.704. The summed E-state index contributed by atoms with van der Waals surface area (Å²) in [7, 11) is 0. The quantitative estimate of drug-likeness (QED) is 0.856. The number of hydrogen-bond donors (Lipinski definition) is 2. The number of aromatic nitrogens is 4. The number of rotatable bonds is 4. The van der Waals surface area contributed by atoms with E-state index >= 15 is 0 Å². The molecule has 3 heterocycles. The topological polar surface area (TPSA) is 79.0 Å². The molecule has 0 unspecified atom stereocenters. The van der Waals surface area contributed by atoms with Crippen LogP contribution in [-0.2, 0) is 4.74 Å². The Bertz CT molecular complexity index is 548. The summed E-state index contributed by atoms with van der Waals surface area (Å²) in [6.07, 6.45) is 2.70. The number of ether oxygens (including phenoxy) is 1. The van der Waals surface area contributed by atoms with Gasteiger partial charge in [-0.2, -0.15) is 9.97 Å². The summed E-state index contributed by atoms with van der Waals surface area (Å²) >= 11 is 0. The van der Waals surface area contributed by atoms with E-state index < -0.39 is 0 Å². The zero-order valence-corrected chi connectivity index (χ0v) is 11.0. The van der Waals surface area contributed by atoms with Gasteiger partial charge in [-0.1, -0.05) is 6.92 Å². The molecule has 2 aromatic heterocycles. The molecule has 7 heteroatoms. The highest BCUT2D eigenvalue weighted by molar-refractivity contribution is 5.83. The standard InChI is InChI=1S/C12H18N6O/c1-2-3-13-10-9-11(15-8-14-9)17-12(16-10)18-4-6-19-7-5-18/h8H,2-7H2,1H3,(H2,13,14,15,16,17). The SMILES string of the molecule is CCCNc1nc(N2CCOCC2)nc2nc[nH]c12. The lowest BCUT2D eigenvalue weighted by Crippen LogP contribution is -2.37. The fraction of sp³-hybridized carbons (Fsp3) is 0.583. The monoisotopic (exact) mass is 262 g/mol. The molecular weight excluding hydrogens is 244 g/mol. The molecule has 2 N–H and O–H groups in total.